The summed E-state index contributed by atoms with van der Waals surface area (Å²) in [5.74, 6) is 1.73. The number of aryl methyl sites for hydroxylation is 3. The molecule has 128 valence electrons. The van der Waals surface area contributed by atoms with E-state index in [1.54, 1.807) is 11.3 Å². The third kappa shape index (κ3) is 2.75. The summed E-state index contributed by atoms with van der Waals surface area (Å²) in [7, 11) is 0. The molecule has 0 N–H and O–H groups in total. The highest BCUT2D eigenvalue weighted by Gasteiger charge is 2.46. The van der Waals surface area contributed by atoms with Crippen molar-refractivity contribution in [2.24, 2.45) is 11.8 Å². The van der Waals surface area contributed by atoms with E-state index in [-0.39, 0.29) is 11.8 Å². The zero-order valence-electron chi connectivity index (χ0n) is 14.3. The first-order valence-corrected chi connectivity index (χ1v) is 9.23. The summed E-state index contributed by atoms with van der Waals surface area (Å²) in [6.45, 7) is 10.1. The fourth-order valence-corrected chi connectivity index (χ4v) is 4.54. The Balaban J connectivity index is 1.39. The molecule has 0 spiro atoms. The van der Waals surface area contributed by atoms with Crippen LogP contribution in [-0.2, 0) is 17.9 Å². The fraction of sp³-hybridized carbons (Fsp3) is 0.588. The summed E-state index contributed by atoms with van der Waals surface area (Å²) in [6.07, 6.45) is 0. The molecule has 0 aromatic carbocycles. The Kier molecular flexibility index (Phi) is 3.92. The second-order valence-corrected chi connectivity index (χ2v) is 8.00. The maximum absolute atomic E-state index is 12.7. The van der Waals surface area contributed by atoms with Gasteiger partial charge in [-0.15, -0.1) is 11.3 Å². The number of likely N-dealkylation sites (tertiary alicyclic amines) is 2. The lowest BCUT2D eigenvalue weighted by molar-refractivity contribution is -0.131. The normalized spacial score (nSPS) is 24.1. The minimum atomic E-state index is 0.130. The topological polar surface area (TPSA) is 62.5 Å². The number of carbonyl (C=O) groups excluding carboxylic acids is 1. The summed E-state index contributed by atoms with van der Waals surface area (Å²) < 4.78 is 5.25. The van der Waals surface area contributed by atoms with Crippen molar-refractivity contribution in [1.29, 1.82) is 0 Å². The Bertz CT molecular complexity index is 749. The number of carbonyl (C=O) groups is 1. The van der Waals surface area contributed by atoms with Crippen molar-refractivity contribution < 1.29 is 9.32 Å². The van der Waals surface area contributed by atoms with Crippen LogP contribution in [0.1, 0.15) is 27.7 Å². The highest BCUT2D eigenvalue weighted by molar-refractivity contribution is 7.09. The van der Waals surface area contributed by atoms with Gasteiger partial charge in [-0.25, -0.2) is 4.98 Å². The lowest BCUT2D eigenvalue weighted by Crippen LogP contribution is -2.32. The third-order valence-electron chi connectivity index (χ3n) is 5.18. The lowest BCUT2D eigenvalue weighted by atomic mass is 10.0. The van der Waals surface area contributed by atoms with E-state index in [0.29, 0.717) is 12.5 Å². The molecular weight excluding hydrogens is 324 g/mol. The number of fused-ring (bicyclic) bond motifs is 1. The van der Waals surface area contributed by atoms with Gasteiger partial charge in [0.1, 0.15) is 5.76 Å². The number of nitrogens with zero attached hydrogens (tertiary/aromatic N) is 4. The molecule has 2 aliphatic heterocycles. The molecule has 0 bridgehead atoms. The molecular formula is C17H22N4O2S. The highest BCUT2D eigenvalue weighted by atomic mass is 32.1. The van der Waals surface area contributed by atoms with Crippen LogP contribution in [0, 0.1) is 32.6 Å². The number of hydrogen-bond acceptors (Lipinski definition) is 6. The minimum Gasteiger partial charge on any atom is -0.361 e. The van der Waals surface area contributed by atoms with Crippen LogP contribution in [0.4, 0.5) is 0 Å². The van der Waals surface area contributed by atoms with Crippen molar-refractivity contribution in [3.8, 4) is 0 Å². The molecule has 0 saturated carbocycles. The van der Waals surface area contributed by atoms with Crippen LogP contribution < -0.4 is 0 Å². The second kappa shape index (κ2) is 5.97. The molecule has 7 heteroatoms. The molecule has 2 fully saturated rings. The van der Waals surface area contributed by atoms with E-state index in [2.05, 4.69) is 20.4 Å². The molecule has 24 heavy (non-hydrogen) atoms. The Labute approximate surface area is 145 Å². The molecule has 1 amide bonds. The maximum atomic E-state index is 12.7. The SMILES string of the molecule is Cc1nc(CN2C[C@@H]3CN(Cc4c(C)noc4C)C[C@@H]3C2=O)cs1. The van der Waals surface area contributed by atoms with Gasteiger partial charge in [0.25, 0.3) is 0 Å². The van der Waals surface area contributed by atoms with Gasteiger partial charge >= 0.3 is 0 Å². The molecule has 6 nitrogen and oxygen atoms in total. The van der Waals surface area contributed by atoms with Gasteiger partial charge in [0.2, 0.25) is 5.91 Å². The standard InChI is InChI=1S/C17H22N4O2S/c1-10-15(11(2)23-19-10)7-20-4-13-5-21(17(22)16(13)8-20)6-14-9-24-12(3)18-14/h9,13,16H,4-8H2,1-3H3/t13-,16-/m0/s1. The van der Waals surface area contributed by atoms with Crippen LogP contribution >= 0.6 is 11.3 Å². The van der Waals surface area contributed by atoms with Crippen molar-refractivity contribution in [3.05, 3.63) is 33.1 Å². The van der Waals surface area contributed by atoms with Crippen LogP contribution in [0.3, 0.4) is 0 Å². The van der Waals surface area contributed by atoms with E-state index in [9.17, 15) is 4.79 Å². The maximum Gasteiger partial charge on any atom is 0.227 e. The number of thiazole rings is 1. The molecule has 0 aliphatic carbocycles. The van der Waals surface area contributed by atoms with E-state index < -0.39 is 0 Å². The summed E-state index contributed by atoms with van der Waals surface area (Å²) in [6, 6.07) is 0. The molecule has 2 atom stereocenters. The van der Waals surface area contributed by atoms with Crippen molar-refractivity contribution in [2.45, 2.75) is 33.9 Å². The Hall–Kier alpha value is -1.73. The van der Waals surface area contributed by atoms with Gasteiger partial charge in [0.05, 0.1) is 28.9 Å². The van der Waals surface area contributed by atoms with Gasteiger partial charge < -0.3 is 9.42 Å². The van der Waals surface area contributed by atoms with Gasteiger partial charge in [0.15, 0.2) is 0 Å². The predicted octanol–water partition coefficient (Wildman–Crippen LogP) is 2.15. The third-order valence-corrected chi connectivity index (χ3v) is 6.01. The first-order valence-electron chi connectivity index (χ1n) is 8.35. The Morgan fingerprint density at radius 3 is 2.71 bits per heavy atom. The summed E-state index contributed by atoms with van der Waals surface area (Å²) >= 11 is 1.64. The van der Waals surface area contributed by atoms with E-state index in [1.807, 2.05) is 25.7 Å². The monoisotopic (exact) mass is 346 g/mol. The lowest BCUT2D eigenvalue weighted by Gasteiger charge is -2.21. The van der Waals surface area contributed by atoms with Crippen LogP contribution in [0.25, 0.3) is 0 Å². The van der Waals surface area contributed by atoms with Gasteiger partial charge in [-0.3, -0.25) is 9.69 Å². The predicted molar refractivity (Wildman–Crippen MR) is 90.5 cm³/mol. The average Bonchev–Trinajstić information content (AvgIpc) is 3.26. The molecule has 4 heterocycles. The van der Waals surface area contributed by atoms with Gasteiger partial charge in [-0.1, -0.05) is 5.16 Å². The van der Waals surface area contributed by atoms with Crippen LogP contribution in [-0.4, -0.2) is 45.5 Å². The summed E-state index contributed by atoms with van der Waals surface area (Å²) in [5.41, 5.74) is 3.13. The van der Waals surface area contributed by atoms with Crippen LogP contribution in [0.15, 0.2) is 9.90 Å². The summed E-state index contributed by atoms with van der Waals surface area (Å²) in [5, 5.41) is 7.14. The zero-order valence-corrected chi connectivity index (χ0v) is 15.1. The Morgan fingerprint density at radius 1 is 1.25 bits per heavy atom. The Morgan fingerprint density at radius 2 is 2.08 bits per heavy atom. The fourth-order valence-electron chi connectivity index (χ4n) is 3.93. The molecule has 2 aliphatic rings. The molecule has 2 aromatic heterocycles. The van der Waals surface area contributed by atoms with Gasteiger partial charge in [-0.05, 0) is 20.8 Å². The number of hydrogen-bond donors (Lipinski definition) is 0. The van der Waals surface area contributed by atoms with Crippen molar-refractivity contribution in [3.63, 3.8) is 0 Å². The minimum absolute atomic E-state index is 0.130. The van der Waals surface area contributed by atoms with Gasteiger partial charge in [0, 0.05) is 43.0 Å². The average molecular weight is 346 g/mol. The number of amides is 1. The molecule has 0 radical (unpaired) electrons. The van der Waals surface area contributed by atoms with E-state index in [1.165, 1.54) is 0 Å². The highest BCUT2D eigenvalue weighted by Crippen LogP contribution is 2.34. The molecule has 2 aromatic rings. The molecule has 2 saturated heterocycles. The van der Waals surface area contributed by atoms with Crippen molar-refractivity contribution in [2.75, 3.05) is 19.6 Å². The molecule has 4 rings (SSSR count). The quantitative estimate of drug-likeness (QED) is 0.849. The van der Waals surface area contributed by atoms with Crippen LogP contribution in [0.2, 0.25) is 0 Å². The first-order chi connectivity index (χ1) is 11.5. The van der Waals surface area contributed by atoms with E-state index >= 15 is 0 Å². The number of rotatable bonds is 4. The van der Waals surface area contributed by atoms with E-state index in [4.69, 9.17) is 4.52 Å². The molecule has 0 unspecified atom stereocenters. The van der Waals surface area contributed by atoms with E-state index in [0.717, 1.165) is 53.9 Å². The zero-order chi connectivity index (χ0) is 16.8. The number of aromatic nitrogens is 2. The second-order valence-electron chi connectivity index (χ2n) is 6.94. The largest absolute Gasteiger partial charge is 0.361 e. The van der Waals surface area contributed by atoms with Crippen molar-refractivity contribution >= 4 is 17.2 Å². The van der Waals surface area contributed by atoms with Crippen LogP contribution in [0.5, 0.6) is 0 Å². The van der Waals surface area contributed by atoms with Crippen molar-refractivity contribution in [1.82, 2.24) is 19.9 Å². The summed E-state index contributed by atoms with van der Waals surface area (Å²) in [4.78, 5) is 21.6. The van der Waals surface area contributed by atoms with Gasteiger partial charge in [-0.2, -0.15) is 0 Å². The first kappa shape index (κ1) is 15.8. The smallest absolute Gasteiger partial charge is 0.227 e.